The third-order valence-electron chi connectivity index (χ3n) is 3.54. The Hall–Kier alpha value is -2.92. The molecule has 0 aliphatic carbocycles. The van der Waals surface area contributed by atoms with Crippen LogP contribution in [0.1, 0.15) is 11.1 Å². The molecule has 0 fully saturated rings. The van der Waals surface area contributed by atoms with E-state index in [9.17, 15) is 8.42 Å². The van der Waals surface area contributed by atoms with Crippen LogP contribution in [0.2, 0.25) is 0 Å². The van der Waals surface area contributed by atoms with Crippen molar-refractivity contribution in [2.24, 2.45) is 4.99 Å². The first-order chi connectivity index (χ1) is 12.0. The molecule has 0 aliphatic rings. The van der Waals surface area contributed by atoms with Gasteiger partial charge < -0.3 is 4.18 Å². The van der Waals surface area contributed by atoms with Gasteiger partial charge in [-0.25, -0.2) is 0 Å². The van der Waals surface area contributed by atoms with Gasteiger partial charge in [-0.05, 0) is 43.3 Å². The summed E-state index contributed by atoms with van der Waals surface area (Å²) in [6.45, 7) is 1.90. The molecule has 0 radical (unpaired) electrons. The SMILES string of the molecule is Cc1ccc(S(=O)(=O)Oc2ccccc2C=Nc2ccccc2)cc1. The van der Waals surface area contributed by atoms with E-state index < -0.39 is 10.1 Å². The summed E-state index contributed by atoms with van der Waals surface area (Å²) in [7, 11) is -3.90. The molecule has 25 heavy (non-hydrogen) atoms. The van der Waals surface area contributed by atoms with Crippen molar-refractivity contribution in [2.45, 2.75) is 11.8 Å². The molecule has 3 aromatic carbocycles. The largest absolute Gasteiger partial charge is 0.378 e. The van der Waals surface area contributed by atoms with E-state index in [1.165, 1.54) is 12.1 Å². The van der Waals surface area contributed by atoms with Crippen LogP contribution in [0.25, 0.3) is 0 Å². The summed E-state index contributed by atoms with van der Waals surface area (Å²) >= 11 is 0. The van der Waals surface area contributed by atoms with Gasteiger partial charge >= 0.3 is 10.1 Å². The van der Waals surface area contributed by atoms with Crippen molar-refractivity contribution in [3.8, 4) is 5.75 Å². The van der Waals surface area contributed by atoms with Gasteiger partial charge in [-0.1, -0.05) is 48.0 Å². The molecule has 0 saturated heterocycles. The fourth-order valence-electron chi connectivity index (χ4n) is 2.19. The standard InChI is InChI=1S/C20H17NO3S/c1-16-11-13-19(14-12-16)25(22,23)24-20-10-6-5-7-17(20)15-21-18-8-3-2-4-9-18/h2-15H,1H3. The van der Waals surface area contributed by atoms with Gasteiger partial charge in [0.25, 0.3) is 0 Å². The maximum atomic E-state index is 12.5. The lowest BCUT2D eigenvalue weighted by atomic mass is 10.2. The Morgan fingerprint density at radius 1 is 0.840 bits per heavy atom. The summed E-state index contributed by atoms with van der Waals surface area (Å²) < 4.78 is 30.3. The van der Waals surface area contributed by atoms with E-state index in [-0.39, 0.29) is 10.6 Å². The van der Waals surface area contributed by atoms with Gasteiger partial charge in [-0.2, -0.15) is 8.42 Å². The molecule has 0 N–H and O–H groups in total. The fraction of sp³-hybridized carbons (Fsp3) is 0.0500. The van der Waals surface area contributed by atoms with Crippen molar-refractivity contribution >= 4 is 22.0 Å². The monoisotopic (exact) mass is 351 g/mol. The molecule has 0 saturated carbocycles. The van der Waals surface area contributed by atoms with Crippen LogP contribution in [0, 0.1) is 6.92 Å². The van der Waals surface area contributed by atoms with Crippen molar-refractivity contribution in [3.63, 3.8) is 0 Å². The van der Waals surface area contributed by atoms with Crippen molar-refractivity contribution in [1.82, 2.24) is 0 Å². The van der Waals surface area contributed by atoms with Gasteiger partial charge in [0.1, 0.15) is 4.90 Å². The first kappa shape index (κ1) is 16.9. The first-order valence-electron chi connectivity index (χ1n) is 7.74. The number of rotatable bonds is 5. The Bertz CT molecular complexity index is 979. The fourth-order valence-corrected chi connectivity index (χ4v) is 3.15. The Balaban J connectivity index is 1.88. The van der Waals surface area contributed by atoms with Gasteiger partial charge in [0.2, 0.25) is 0 Å². The maximum absolute atomic E-state index is 12.5. The van der Waals surface area contributed by atoms with Crippen molar-refractivity contribution in [3.05, 3.63) is 90.0 Å². The Morgan fingerprint density at radius 2 is 1.48 bits per heavy atom. The smallest absolute Gasteiger partial charge is 0.339 e. The molecule has 0 unspecified atom stereocenters. The van der Waals surface area contributed by atoms with Gasteiger partial charge in [0, 0.05) is 11.8 Å². The van der Waals surface area contributed by atoms with Crippen LogP contribution in [0.15, 0.2) is 88.8 Å². The molecule has 5 heteroatoms. The number of para-hydroxylation sites is 2. The number of benzene rings is 3. The normalized spacial score (nSPS) is 11.6. The van der Waals surface area contributed by atoms with E-state index in [0.29, 0.717) is 5.56 Å². The Morgan fingerprint density at radius 3 is 2.20 bits per heavy atom. The van der Waals surface area contributed by atoms with Gasteiger partial charge in [0.15, 0.2) is 5.75 Å². The lowest BCUT2D eigenvalue weighted by molar-refractivity contribution is 0.485. The third kappa shape index (κ3) is 4.33. The van der Waals surface area contributed by atoms with Crippen LogP contribution in [0.4, 0.5) is 5.69 Å². The highest BCUT2D eigenvalue weighted by molar-refractivity contribution is 7.87. The number of aliphatic imine (C=N–C) groups is 1. The molecule has 4 nitrogen and oxygen atoms in total. The van der Waals surface area contributed by atoms with E-state index >= 15 is 0 Å². The zero-order chi connectivity index (χ0) is 17.7. The Labute approximate surface area is 147 Å². The van der Waals surface area contributed by atoms with E-state index in [4.69, 9.17) is 4.18 Å². The number of aryl methyl sites for hydroxylation is 1. The third-order valence-corrected chi connectivity index (χ3v) is 4.79. The summed E-state index contributed by atoms with van der Waals surface area (Å²) in [5, 5.41) is 0. The van der Waals surface area contributed by atoms with Crippen LogP contribution in [-0.4, -0.2) is 14.6 Å². The average Bonchev–Trinajstić information content (AvgIpc) is 2.62. The van der Waals surface area contributed by atoms with Crippen LogP contribution < -0.4 is 4.18 Å². The highest BCUT2D eigenvalue weighted by Crippen LogP contribution is 2.23. The van der Waals surface area contributed by atoms with E-state index in [2.05, 4.69) is 4.99 Å². The first-order valence-corrected chi connectivity index (χ1v) is 9.15. The number of hydrogen-bond acceptors (Lipinski definition) is 4. The summed E-state index contributed by atoms with van der Waals surface area (Å²) in [5.41, 5.74) is 2.34. The zero-order valence-electron chi connectivity index (χ0n) is 13.7. The summed E-state index contributed by atoms with van der Waals surface area (Å²) in [5.74, 6) is 0.239. The minimum absolute atomic E-state index is 0.118. The number of hydrogen-bond donors (Lipinski definition) is 0. The predicted molar refractivity (Wildman–Crippen MR) is 99.1 cm³/mol. The Kier molecular flexibility index (Phi) is 4.95. The summed E-state index contributed by atoms with van der Waals surface area (Å²) in [6.07, 6.45) is 1.59. The topological polar surface area (TPSA) is 55.7 Å². The molecule has 0 bridgehead atoms. The number of nitrogens with zero attached hydrogens (tertiary/aromatic N) is 1. The summed E-state index contributed by atoms with van der Waals surface area (Å²) in [6, 6.07) is 22.8. The molecular weight excluding hydrogens is 334 g/mol. The average molecular weight is 351 g/mol. The lowest BCUT2D eigenvalue weighted by Crippen LogP contribution is -2.10. The predicted octanol–water partition coefficient (Wildman–Crippen LogP) is 4.51. The van der Waals surface area contributed by atoms with Crippen molar-refractivity contribution < 1.29 is 12.6 Å². The van der Waals surface area contributed by atoms with E-state index in [0.717, 1.165) is 11.3 Å². The molecule has 3 aromatic rings. The van der Waals surface area contributed by atoms with Crippen LogP contribution in [-0.2, 0) is 10.1 Å². The molecule has 0 spiro atoms. The highest BCUT2D eigenvalue weighted by atomic mass is 32.2. The maximum Gasteiger partial charge on any atom is 0.339 e. The van der Waals surface area contributed by atoms with Crippen LogP contribution in [0.5, 0.6) is 5.75 Å². The molecular formula is C20H17NO3S. The van der Waals surface area contributed by atoms with Crippen molar-refractivity contribution in [1.29, 1.82) is 0 Å². The zero-order valence-corrected chi connectivity index (χ0v) is 14.5. The molecule has 0 amide bonds. The van der Waals surface area contributed by atoms with Gasteiger partial charge in [-0.3, -0.25) is 4.99 Å². The van der Waals surface area contributed by atoms with E-state index in [1.807, 2.05) is 37.3 Å². The minimum atomic E-state index is -3.90. The van der Waals surface area contributed by atoms with Gasteiger partial charge in [0.05, 0.1) is 5.69 Å². The van der Waals surface area contributed by atoms with Crippen LogP contribution in [0.3, 0.4) is 0 Å². The second-order valence-corrected chi connectivity index (χ2v) is 7.03. The van der Waals surface area contributed by atoms with Crippen molar-refractivity contribution in [2.75, 3.05) is 0 Å². The molecule has 0 aromatic heterocycles. The molecule has 3 rings (SSSR count). The quantitative estimate of drug-likeness (QED) is 0.502. The minimum Gasteiger partial charge on any atom is -0.378 e. The lowest BCUT2D eigenvalue weighted by Gasteiger charge is -2.09. The molecule has 0 aliphatic heterocycles. The second-order valence-electron chi connectivity index (χ2n) is 5.48. The molecule has 126 valence electrons. The van der Waals surface area contributed by atoms with Gasteiger partial charge in [-0.15, -0.1) is 0 Å². The second kappa shape index (κ2) is 7.32. The van der Waals surface area contributed by atoms with E-state index in [1.54, 1.807) is 42.6 Å². The highest BCUT2D eigenvalue weighted by Gasteiger charge is 2.17. The summed E-state index contributed by atoms with van der Waals surface area (Å²) in [4.78, 5) is 4.47. The molecule has 0 atom stereocenters. The van der Waals surface area contributed by atoms with Crippen LogP contribution >= 0.6 is 0 Å². The molecule has 0 heterocycles.